The molecule has 25 heavy (non-hydrogen) atoms. The molecule has 0 aliphatic carbocycles. The maximum Gasteiger partial charge on any atom is 0.248 e. The molecule has 2 N–H and O–H groups in total. The summed E-state index contributed by atoms with van der Waals surface area (Å²) in [6, 6.07) is 17.1. The number of nitrogens with zero attached hydrogens (tertiary/aromatic N) is 1. The first-order valence-electron chi connectivity index (χ1n) is 7.85. The maximum absolute atomic E-state index is 12.1. The summed E-state index contributed by atoms with van der Waals surface area (Å²) in [5, 5.41) is 3.85. The van der Waals surface area contributed by atoms with E-state index in [4.69, 9.17) is 4.42 Å². The van der Waals surface area contributed by atoms with Crippen LogP contribution in [0.2, 0.25) is 0 Å². The maximum atomic E-state index is 12.1. The highest BCUT2D eigenvalue weighted by Crippen LogP contribution is 2.21. The molecule has 122 valence electrons. The molecule has 0 aliphatic heterocycles. The van der Waals surface area contributed by atoms with Gasteiger partial charge in [-0.2, -0.15) is 0 Å². The van der Waals surface area contributed by atoms with E-state index >= 15 is 0 Å². The van der Waals surface area contributed by atoms with E-state index < -0.39 is 0 Å². The average Bonchev–Trinajstić information content (AvgIpc) is 3.29. The quantitative estimate of drug-likeness (QED) is 0.542. The second-order valence-corrected chi connectivity index (χ2v) is 5.53. The number of fused-ring (bicyclic) bond motifs is 1. The largest absolute Gasteiger partial charge is 0.457 e. The van der Waals surface area contributed by atoms with Crippen molar-refractivity contribution in [3.8, 4) is 11.4 Å². The Bertz CT molecular complexity index is 1010. The van der Waals surface area contributed by atoms with Crippen LogP contribution in [0.15, 0.2) is 77.5 Å². The van der Waals surface area contributed by atoms with Gasteiger partial charge in [-0.05, 0) is 30.3 Å². The van der Waals surface area contributed by atoms with Crippen LogP contribution in [-0.2, 0) is 4.79 Å². The first kappa shape index (κ1) is 15.0. The Hall–Kier alpha value is -3.60. The number of nitrogens with one attached hydrogen (secondary N) is 2. The van der Waals surface area contributed by atoms with Crippen LogP contribution in [-0.4, -0.2) is 15.9 Å². The summed E-state index contributed by atoms with van der Waals surface area (Å²) in [4.78, 5) is 19.4. The molecule has 2 aromatic carbocycles. The van der Waals surface area contributed by atoms with Gasteiger partial charge in [-0.25, -0.2) is 4.98 Å². The lowest BCUT2D eigenvalue weighted by Gasteiger charge is -2.04. The standard InChI is InChI=1S/C20H15N3O2/c24-19(9-8-17-13-14-4-1-2-7-18(14)25-17)23-16-6-3-5-15(12-16)20-21-10-11-22-20/h1-13H,(H,21,22)(H,23,24). The number of benzene rings is 2. The van der Waals surface area contributed by atoms with Gasteiger partial charge in [0, 0.05) is 35.1 Å². The summed E-state index contributed by atoms with van der Waals surface area (Å²) >= 11 is 0. The topological polar surface area (TPSA) is 70.9 Å². The van der Waals surface area contributed by atoms with Crippen molar-refractivity contribution in [3.63, 3.8) is 0 Å². The van der Waals surface area contributed by atoms with Crippen LogP contribution >= 0.6 is 0 Å². The number of para-hydroxylation sites is 1. The van der Waals surface area contributed by atoms with Gasteiger partial charge >= 0.3 is 0 Å². The predicted octanol–water partition coefficient (Wildman–Crippen LogP) is 4.47. The van der Waals surface area contributed by atoms with Crippen molar-refractivity contribution in [3.05, 3.63) is 78.8 Å². The molecule has 0 fully saturated rings. The summed E-state index contributed by atoms with van der Waals surface area (Å²) in [6.45, 7) is 0. The number of furan rings is 1. The molecule has 5 nitrogen and oxygen atoms in total. The molecule has 0 radical (unpaired) electrons. The van der Waals surface area contributed by atoms with Crippen LogP contribution in [0.1, 0.15) is 5.76 Å². The van der Waals surface area contributed by atoms with E-state index in [0.29, 0.717) is 11.4 Å². The van der Waals surface area contributed by atoms with Gasteiger partial charge in [0.1, 0.15) is 17.2 Å². The van der Waals surface area contributed by atoms with Crippen LogP contribution < -0.4 is 5.32 Å². The number of imidazole rings is 1. The van der Waals surface area contributed by atoms with E-state index in [9.17, 15) is 4.79 Å². The molecule has 0 atom stereocenters. The average molecular weight is 329 g/mol. The van der Waals surface area contributed by atoms with Crippen LogP contribution in [0, 0.1) is 0 Å². The Morgan fingerprint density at radius 1 is 1.12 bits per heavy atom. The zero-order chi connectivity index (χ0) is 17.1. The molecule has 2 heterocycles. The summed E-state index contributed by atoms with van der Waals surface area (Å²) in [5.41, 5.74) is 2.41. The van der Waals surface area contributed by atoms with E-state index in [2.05, 4.69) is 15.3 Å². The fraction of sp³-hybridized carbons (Fsp3) is 0. The SMILES string of the molecule is O=C(C=Cc1cc2ccccc2o1)Nc1cccc(-c2ncc[nH]2)c1. The summed E-state index contributed by atoms with van der Waals surface area (Å²) in [5.74, 6) is 1.17. The molecule has 0 aliphatic rings. The molecule has 0 saturated carbocycles. The third kappa shape index (κ3) is 3.35. The molecule has 0 unspecified atom stereocenters. The molecule has 1 amide bonds. The minimum atomic E-state index is -0.225. The molecule has 0 saturated heterocycles. The van der Waals surface area contributed by atoms with E-state index in [-0.39, 0.29) is 5.91 Å². The van der Waals surface area contributed by atoms with Gasteiger partial charge < -0.3 is 14.7 Å². The number of aromatic nitrogens is 2. The number of aromatic amines is 1. The lowest BCUT2D eigenvalue weighted by Crippen LogP contribution is -2.07. The van der Waals surface area contributed by atoms with Crippen LogP contribution in [0.4, 0.5) is 5.69 Å². The number of hydrogen-bond donors (Lipinski definition) is 2. The van der Waals surface area contributed by atoms with Crippen molar-refractivity contribution >= 4 is 28.6 Å². The first-order chi connectivity index (χ1) is 12.3. The van der Waals surface area contributed by atoms with Gasteiger partial charge in [-0.1, -0.05) is 30.3 Å². The number of carbonyl (C=O) groups is 1. The highest BCUT2D eigenvalue weighted by Gasteiger charge is 2.04. The smallest absolute Gasteiger partial charge is 0.248 e. The Balaban J connectivity index is 1.47. The third-order valence-corrected chi connectivity index (χ3v) is 3.75. The van der Waals surface area contributed by atoms with Crippen molar-refractivity contribution in [2.45, 2.75) is 0 Å². The van der Waals surface area contributed by atoms with E-state index in [0.717, 1.165) is 22.4 Å². The number of rotatable bonds is 4. The lowest BCUT2D eigenvalue weighted by atomic mass is 10.2. The van der Waals surface area contributed by atoms with Crippen molar-refractivity contribution < 1.29 is 9.21 Å². The normalized spacial score (nSPS) is 11.2. The van der Waals surface area contributed by atoms with Gasteiger partial charge in [-0.3, -0.25) is 4.79 Å². The number of hydrogen-bond acceptors (Lipinski definition) is 3. The molecule has 4 rings (SSSR count). The Kier molecular flexibility index (Phi) is 3.88. The predicted molar refractivity (Wildman–Crippen MR) is 97.9 cm³/mol. The summed E-state index contributed by atoms with van der Waals surface area (Å²) in [7, 11) is 0. The summed E-state index contributed by atoms with van der Waals surface area (Å²) in [6.07, 6.45) is 6.57. The molecule has 2 aromatic heterocycles. The van der Waals surface area contributed by atoms with Crippen LogP contribution in [0.5, 0.6) is 0 Å². The second-order valence-electron chi connectivity index (χ2n) is 5.53. The zero-order valence-corrected chi connectivity index (χ0v) is 13.3. The van der Waals surface area contributed by atoms with Gasteiger partial charge in [0.2, 0.25) is 5.91 Å². The molecule has 5 heteroatoms. The highest BCUT2D eigenvalue weighted by atomic mass is 16.3. The fourth-order valence-electron chi connectivity index (χ4n) is 2.59. The zero-order valence-electron chi connectivity index (χ0n) is 13.3. The second kappa shape index (κ2) is 6.49. The molecule has 0 spiro atoms. The monoisotopic (exact) mass is 329 g/mol. The van der Waals surface area contributed by atoms with Gasteiger partial charge in [0.15, 0.2) is 0 Å². The highest BCUT2D eigenvalue weighted by molar-refractivity contribution is 6.02. The Morgan fingerprint density at radius 2 is 2.04 bits per heavy atom. The number of anilines is 1. The fourth-order valence-corrected chi connectivity index (χ4v) is 2.59. The minimum Gasteiger partial charge on any atom is -0.457 e. The number of amides is 1. The molecular weight excluding hydrogens is 314 g/mol. The van der Waals surface area contributed by atoms with E-state index in [1.54, 1.807) is 18.5 Å². The molecular formula is C20H15N3O2. The first-order valence-corrected chi connectivity index (χ1v) is 7.85. The van der Waals surface area contributed by atoms with Crippen molar-refractivity contribution in [2.75, 3.05) is 5.32 Å². The summed E-state index contributed by atoms with van der Waals surface area (Å²) < 4.78 is 5.66. The Labute approximate surface area is 144 Å². The number of H-pyrrole nitrogens is 1. The van der Waals surface area contributed by atoms with E-state index in [1.807, 2.05) is 54.6 Å². The van der Waals surface area contributed by atoms with Crippen molar-refractivity contribution in [1.82, 2.24) is 9.97 Å². The molecule has 0 bridgehead atoms. The van der Waals surface area contributed by atoms with Crippen molar-refractivity contribution in [1.29, 1.82) is 0 Å². The third-order valence-electron chi connectivity index (χ3n) is 3.75. The Morgan fingerprint density at radius 3 is 2.88 bits per heavy atom. The van der Waals surface area contributed by atoms with Gasteiger partial charge in [0.25, 0.3) is 0 Å². The van der Waals surface area contributed by atoms with Gasteiger partial charge in [0.05, 0.1) is 0 Å². The van der Waals surface area contributed by atoms with Gasteiger partial charge in [-0.15, -0.1) is 0 Å². The molecule has 4 aromatic rings. The van der Waals surface area contributed by atoms with Crippen LogP contribution in [0.3, 0.4) is 0 Å². The van der Waals surface area contributed by atoms with Crippen molar-refractivity contribution in [2.24, 2.45) is 0 Å². The number of carbonyl (C=O) groups excluding carboxylic acids is 1. The lowest BCUT2D eigenvalue weighted by molar-refractivity contribution is -0.111. The van der Waals surface area contributed by atoms with Crippen LogP contribution in [0.25, 0.3) is 28.4 Å². The van der Waals surface area contributed by atoms with E-state index in [1.165, 1.54) is 6.08 Å². The minimum absolute atomic E-state index is 0.225.